The number of aromatic hydroxyl groups is 1. The topological polar surface area (TPSA) is 75.6 Å². The summed E-state index contributed by atoms with van der Waals surface area (Å²) in [7, 11) is 0. The fraction of sp³-hybridized carbons (Fsp3) is 0.300. The van der Waals surface area contributed by atoms with E-state index in [1.165, 1.54) is 25.1 Å². The predicted octanol–water partition coefficient (Wildman–Crippen LogP) is 4.09. The van der Waals surface area contributed by atoms with Crippen LogP contribution in [0.15, 0.2) is 48.5 Å². The van der Waals surface area contributed by atoms with Crippen LogP contribution in [0.25, 0.3) is 0 Å². The van der Waals surface area contributed by atoms with Crippen molar-refractivity contribution in [3.05, 3.63) is 59.7 Å². The molecular weight excluding hydrogens is 318 g/mol. The molecule has 5 heteroatoms. The normalized spacial score (nSPS) is 12.9. The number of esters is 1. The lowest BCUT2D eigenvalue weighted by atomic mass is 9.97. The van der Waals surface area contributed by atoms with Gasteiger partial charge in [-0.25, -0.2) is 4.79 Å². The van der Waals surface area contributed by atoms with Gasteiger partial charge in [0, 0.05) is 5.69 Å². The highest BCUT2D eigenvalue weighted by Crippen LogP contribution is 2.26. The van der Waals surface area contributed by atoms with E-state index in [0.717, 1.165) is 17.7 Å². The number of benzene rings is 2. The standard InChI is InChI=1S/C20H23NO4/c1-4-13(2)17-10-5-6-11-18(17)21-19(23)14(3)25-20(24)15-8-7-9-16(22)12-15/h5-14,22H,4H2,1-3H3,(H,21,23)/t13-,14-/m0/s1. The number of amides is 1. The van der Waals surface area contributed by atoms with Crippen LogP contribution in [-0.2, 0) is 9.53 Å². The van der Waals surface area contributed by atoms with Gasteiger partial charge in [0.15, 0.2) is 6.10 Å². The smallest absolute Gasteiger partial charge is 0.339 e. The zero-order valence-electron chi connectivity index (χ0n) is 14.7. The number of rotatable bonds is 6. The number of ether oxygens (including phenoxy) is 1. The Hall–Kier alpha value is -2.82. The number of phenolic OH excluding ortho intramolecular Hbond substituents is 1. The van der Waals surface area contributed by atoms with Crippen LogP contribution in [0, 0.1) is 0 Å². The summed E-state index contributed by atoms with van der Waals surface area (Å²) in [5.74, 6) is -0.784. The zero-order valence-corrected chi connectivity index (χ0v) is 14.7. The van der Waals surface area contributed by atoms with Crippen molar-refractivity contribution in [2.45, 2.75) is 39.2 Å². The number of carbonyl (C=O) groups is 2. The molecule has 2 aromatic rings. The van der Waals surface area contributed by atoms with Gasteiger partial charge in [-0.15, -0.1) is 0 Å². The van der Waals surface area contributed by atoms with Crippen LogP contribution in [0.5, 0.6) is 5.75 Å². The average molecular weight is 341 g/mol. The lowest BCUT2D eigenvalue weighted by Crippen LogP contribution is -2.30. The maximum Gasteiger partial charge on any atom is 0.339 e. The molecule has 0 saturated carbocycles. The Morgan fingerprint density at radius 1 is 1.12 bits per heavy atom. The lowest BCUT2D eigenvalue weighted by molar-refractivity contribution is -0.123. The van der Waals surface area contributed by atoms with Crippen LogP contribution in [0.4, 0.5) is 5.69 Å². The summed E-state index contributed by atoms with van der Waals surface area (Å²) in [5, 5.41) is 12.2. The number of para-hydroxylation sites is 1. The van der Waals surface area contributed by atoms with Crippen molar-refractivity contribution in [3.8, 4) is 5.75 Å². The molecule has 2 aromatic carbocycles. The molecule has 0 heterocycles. The Morgan fingerprint density at radius 3 is 2.52 bits per heavy atom. The van der Waals surface area contributed by atoms with Crippen LogP contribution in [0.3, 0.4) is 0 Å². The molecule has 0 fully saturated rings. The summed E-state index contributed by atoms with van der Waals surface area (Å²) >= 11 is 0. The Morgan fingerprint density at radius 2 is 1.84 bits per heavy atom. The second kappa shape index (κ2) is 8.33. The molecule has 0 aromatic heterocycles. The largest absolute Gasteiger partial charge is 0.508 e. The van der Waals surface area contributed by atoms with Crippen molar-refractivity contribution >= 4 is 17.6 Å². The van der Waals surface area contributed by atoms with Crippen molar-refractivity contribution in [1.82, 2.24) is 0 Å². The van der Waals surface area contributed by atoms with Crippen LogP contribution < -0.4 is 5.32 Å². The molecule has 0 bridgehead atoms. The van der Waals surface area contributed by atoms with Gasteiger partial charge in [0.25, 0.3) is 5.91 Å². The highest BCUT2D eigenvalue weighted by molar-refractivity contribution is 5.97. The molecule has 0 saturated heterocycles. The monoisotopic (exact) mass is 341 g/mol. The van der Waals surface area contributed by atoms with Crippen LogP contribution in [-0.4, -0.2) is 23.1 Å². The Balaban J connectivity index is 2.05. The minimum absolute atomic E-state index is 0.0333. The Bertz CT molecular complexity index is 757. The van der Waals surface area contributed by atoms with E-state index in [1.807, 2.05) is 24.3 Å². The summed E-state index contributed by atoms with van der Waals surface area (Å²) in [6, 6.07) is 13.4. The van der Waals surface area contributed by atoms with Gasteiger partial charge in [-0.05, 0) is 49.1 Å². The first-order chi connectivity index (χ1) is 11.9. The highest BCUT2D eigenvalue weighted by atomic mass is 16.5. The van der Waals surface area contributed by atoms with Gasteiger partial charge in [0.1, 0.15) is 5.75 Å². The summed E-state index contributed by atoms with van der Waals surface area (Å²) in [6.07, 6.45) is -0.00519. The van der Waals surface area contributed by atoms with E-state index in [2.05, 4.69) is 19.2 Å². The maximum absolute atomic E-state index is 12.4. The number of phenols is 1. The van der Waals surface area contributed by atoms with E-state index >= 15 is 0 Å². The van der Waals surface area contributed by atoms with E-state index in [9.17, 15) is 14.7 Å². The molecule has 2 N–H and O–H groups in total. The van der Waals surface area contributed by atoms with E-state index < -0.39 is 18.0 Å². The summed E-state index contributed by atoms with van der Waals surface area (Å²) in [5.41, 5.74) is 1.96. The van der Waals surface area contributed by atoms with Crippen LogP contribution in [0.2, 0.25) is 0 Å². The van der Waals surface area contributed by atoms with E-state index in [4.69, 9.17) is 4.74 Å². The van der Waals surface area contributed by atoms with Gasteiger partial charge in [0.2, 0.25) is 0 Å². The van der Waals surface area contributed by atoms with E-state index in [1.54, 1.807) is 6.07 Å². The van der Waals surface area contributed by atoms with Gasteiger partial charge in [-0.2, -0.15) is 0 Å². The Labute approximate surface area is 147 Å². The first kappa shape index (κ1) is 18.5. The van der Waals surface area contributed by atoms with Crippen molar-refractivity contribution in [2.75, 3.05) is 5.32 Å². The van der Waals surface area contributed by atoms with Crippen molar-refractivity contribution in [2.24, 2.45) is 0 Å². The number of hydrogen-bond donors (Lipinski definition) is 2. The molecule has 2 atom stereocenters. The van der Waals surface area contributed by atoms with Crippen LogP contribution in [0.1, 0.15) is 49.0 Å². The van der Waals surface area contributed by atoms with E-state index in [-0.39, 0.29) is 11.3 Å². The molecule has 0 aliphatic rings. The minimum Gasteiger partial charge on any atom is -0.508 e. The molecule has 25 heavy (non-hydrogen) atoms. The quantitative estimate of drug-likeness (QED) is 0.776. The first-order valence-electron chi connectivity index (χ1n) is 8.32. The molecule has 0 spiro atoms. The average Bonchev–Trinajstić information content (AvgIpc) is 2.61. The molecular formula is C20H23NO4. The summed E-state index contributed by atoms with van der Waals surface area (Å²) in [6.45, 7) is 5.70. The molecule has 0 aliphatic heterocycles. The second-order valence-electron chi connectivity index (χ2n) is 5.98. The molecule has 0 aliphatic carbocycles. The van der Waals surface area contributed by atoms with E-state index in [0.29, 0.717) is 5.92 Å². The predicted molar refractivity (Wildman–Crippen MR) is 96.8 cm³/mol. The van der Waals surface area contributed by atoms with Gasteiger partial charge >= 0.3 is 5.97 Å². The zero-order chi connectivity index (χ0) is 18.4. The third-order valence-corrected chi connectivity index (χ3v) is 4.10. The number of anilines is 1. The van der Waals surface area contributed by atoms with Crippen LogP contribution >= 0.6 is 0 Å². The molecule has 132 valence electrons. The lowest BCUT2D eigenvalue weighted by Gasteiger charge is -2.18. The van der Waals surface area contributed by atoms with Gasteiger partial charge in [0.05, 0.1) is 5.56 Å². The first-order valence-corrected chi connectivity index (χ1v) is 8.32. The fourth-order valence-corrected chi connectivity index (χ4v) is 2.41. The molecule has 2 rings (SSSR count). The third-order valence-electron chi connectivity index (χ3n) is 4.10. The third kappa shape index (κ3) is 4.83. The number of hydrogen-bond acceptors (Lipinski definition) is 4. The van der Waals surface area contributed by atoms with Crippen molar-refractivity contribution in [1.29, 1.82) is 0 Å². The van der Waals surface area contributed by atoms with Gasteiger partial charge in [-0.1, -0.05) is 38.1 Å². The SMILES string of the molecule is CC[C@H](C)c1ccccc1NC(=O)[C@H](C)OC(=O)c1cccc(O)c1. The number of nitrogens with one attached hydrogen (secondary N) is 1. The molecule has 0 radical (unpaired) electrons. The molecule has 5 nitrogen and oxygen atoms in total. The summed E-state index contributed by atoms with van der Waals surface area (Å²) in [4.78, 5) is 24.4. The van der Waals surface area contributed by atoms with Gasteiger partial charge in [-0.3, -0.25) is 4.79 Å². The van der Waals surface area contributed by atoms with Crippen molar-refractivity contribution in [3.63, 3.8) is 0 Å². The minimum atomic E-state index is -0.958. The highest BCUT2D eigenvalue weighted by Gasteiger charge is 2.20. The number of carbonyl (C=O) groups excluding carboxylic acids is 2. The maximum atomic E-state index is 12.4. The van der Waals surface area contributed by atoms with Gasteiger partial charge < -0.3 is 15.2 Å². The summed E-state index contributed by atoms with van der Waals surface area (Å²) < 4.78 is 5.19. The molecule has 0 unspecified atom stereocenters. The van der Waals surface area contributed by atoms with Crippen molar-refractivity contribution < 1.29 is 19.4 Å². The second-order valence-corrected chi connectivity index (χ2v) is 5.98. The Kier molecular flexibility index (Phi) is 6.17. The fourth-order valence-electron chi connectivity index (χ4n) is 2.41. The molecule has 1 amide bonds.